The summed E-state index contributed by atoms with van der Waals surface area (Å²) in [7, 11) is 2.28. The van der Waals surface area contributed by atoms with Gasteiger partial charge in [0, 0.05) is 28.0 Å². The third-order valence-electron chi connectivity index (χ3n) is 8.61. The minimum Gasteiger partial charge on any atom is -0.294 e. The van der Waals surface area contributed by atoms with E-state index in [0.29, 0.717) is 4.48 Å². The van der Waals surface area contributed by atoms with Gasteiger partial charge in [0.05, 0.1) is 41.7 Å². The summed E-state index contributed by atoms with van der Waals surface area (Å²) >= 11 is 0. The van der Waals surface area contributed by atoms with E-state index in [0.717, 1.165) is 35.6 Å². The van der Waals surface area contributed by atoms with E-state index in [2.05, 4.69) is 139 Å². The highest BCUT2D eigenvalue weighted by Crippen LogP contribution is 2.54. The predicted octanol–water partition coefficient (Wildman–Crippen LogP) is 9.35. The lowest BCUT2D eigenvalue weighted by Crippen LogP contribution is -2.37. The first-order valence-electron chi connectivity index (χ1n) is 14.2. The minimum atomic E-state index is 0.539. The summed E-state index contributed by atoms with van der Waals surface area (Å²) in [6.07, 6.45) is 10.6. The SMILES string of the molecule is C[N+]1(C2=CCCC=C(n3c4ccccc4c4ccccc43)N=C2)c2ccccc2-c2cc(-c3ccccc3)ncc21. The summed E-state index contributed by atoms with van der Waals surface area (Å²) in [5.41, 5.74) is 10.5. The Hall–Kier alpha value is -5.06. The highest BCUT2D eigenvalue weighted by Gasteiger charge is 2.44. The van der Waals surface area contributed by atoms with Gasteiger partial charge in [-0.2, -0.15) is 0 Å². The van der Waals surface area contributed by atoms with Crippen molar-refractivity contribution < 1.29 is 0 Å². The van der Waals surface area contributed by atoms with E-state index in [1.165, 1.54) is 44.3 Å². The molecule has 0 fully saturated rings. The molecule has 41 heavy (non-hydrogen) atoms. The summed E-state index contributed by atoms with van der Waals surface area (Å²) in [5.74, 6) is 0.963. The van der Waals surface area contributed by atoms with Crippen molar-refractivity contribution in [2.75, 3.05) is 7.05 Å². The molecule has 4 aromatic carbocycles. The molecule has 196 valence electrons. The van der Waals surface area contributed by atoms with Crippen LogP contribution in [0, 0.1) is 0 Å². The monoisotopic (exact) mass is 529 g/mol. The normalized spacial score (nSPS) is 18.0. The molecule has 6 aromatic rings. The molecule has 0 bridgehead atoms. The van der Waals surface area contributed by atoms with Crippen LogP contribution >= 0.6 is 0 Å². The molecule has 4 heteroatoms. The van der Waals surface area contributed by atoms with Crippen molar-refractivity contribution in [1.29, 1.82) is 0 Å². The molecule has 0 spiro atoms. The molecule has 4 heterocycles. The maximum atomic E-state index is 5.20. The van der Waals surface area contributed by atoms with Crippen molar-refractivity contribution in [2.45, 2.75) is 12.8 Å². The van der Waals surface area contributed by atoms with E-state index in [1.54, 1.807) is 0 Å². The first kappa shape index (κ1) is 23.8. The number of nitrogens with zero attached hydrogens (tertiary/aromatic N) is 4. The largest absolute Gasteiger partial charge is 0.294 e. The van der Waals surface area contributed by atoms with E-state index in [9.17, 15) is 0 Å². The topological polar surface area (TPSA) is 30.2 Å². The molecule has 1 unspecified atom stereocenters. The second-order valence-electron chi connectivity index (χ2n) is 10.9. The van der Waals surface area contributed by atoms with Gasteiger partial charge in [-0.3, -0.25) is 4.57 Å². The highest BCUT2D eigenvalue weighted by atomic mass is 15.4. The lowest BCUT2D eigenvalue weighted by molar-refractivity contribution is 0.598. The second kappa shape index (κ2) is 9.26. The fourth-order valence-electron chi connectivity index (χ4n) is 6.58. The van der Waals surface area contributed by atoms with Crippen LogP contribution in [0.1, 0.15) is 12.8 Å². The summed E-state index contributed by atoms with van der Waals surface area (Å²) in [6.45, 7) is 0. The standard InChI is InChI=1S/C37H29N4/c1-41(35-21-11-8-18-30(35)31-23-32(38-25-36(31)41)26-13-3-2-4-14-26)27-15-5-12-22-37(39-24-27)40-33-19-9-6-16-28(33)29-17-7-10-20-34(29)40/h2-4,6-11,13-25H,5,12H2,1H3/q+1. The van der Waals surface area contributed by atoms with Gasteiger partial charge in [0.25, 0.3) is 0 Å². The smallest absolute Gasteiger partial charge is 0.169 e. The van der Waals surface area contributed by atoms with Crippen molar-refractivity contribution >= 4 is 45.2 Å². The molecule has 8 rings (SSSR count). The fraction of sp³-hybridized carbons (Fsp3) is 0.0811. The molecule has 0 amide bonds. The number of rotatable bonds is 3. The van der Waals surface area contributed by atoms with Crippen LogP contribution in [-0.4, -0.2) is 22.8 Å². The quantitative estimate of drug-likeness (QED) is 0.210. The van der Waals surface area contributed by atoms with Crippen LogP contribution in [0.15, 0.2) is 138 Å². The lowest BCUT2D eigenvalue weighted by Gasteiger charge is -2.30. The van der Waals surface area contributed by atoms with Crippen molar-refractivity contribution in [1.82, 2.24) is 14.0 Å². The minimum absolute atomic E-state index is 0.539. The van der Waals surface area contributed by atoms with Gasteiger partial charge < -0.3 is 0 Å². The van der Waals surface area contributed by atoms with Crippen molar-refractivity contribution in [3.05, 3.63) is 133 Å². The Kier molecular flexibility index (Phi) is 5.37. The van der Waals surface area contributed by atoms with Crippen LogP contribution in [-0.2, 0) is 0 Å². The van der Waals surface area contributed by atoms with E-state index in [1.807, 2.05) is 6.07 Å². The van der Waals surface area contributed by atoms with E-state index < -0.39 is 0 Å². The molecule has 2 aliphatic rings. The van der Waals surface area contributed by atoms with Crippen LogP contribution in [0.3, 0.4) is 0 Å². The van der Waals surface area contributed by atoms with Gasteiger partial charge in [-0.1, -0.05) is 78.9 Å². The number of allylic oxidation sites excluding steroid dienone is 3. The van der Waals surface area contributed by atoms with Gasteiger partial charge in [-0.05, 0) is 49.3 Å². The summed E-state index contributed by atoms with van der Waals surface area (Å²) in [5, 5.41) is 2.50. The van der Waals surface area contributed by atoms with Gasteiger partial charge >= 0.3 is 0 Å². The first-order valence-corrected chi connectivity index (χ1v) is 14.2. The van der Waals surface area contributed by atoms with Crippen LogP contribution in [0.25, 0.3) is 50.0 Å². The molecule has 4 nitrogen and oxygen atoms in total. The maximum Gasteiger partial charge on any atom is 0.169 e. The molecule has 0 saturated carbocycles. The number of fused-ring (bicyclic) bond motifs is 6. The van der Waals surface area contributed by atoms with Crippen LogP contribution in [0.5, 0.6) is 0 Å². The van der Waals surface area contributed by atoms with Crippen molar-refractivity contribution in [3.8, 4) is 22.4 Å². The number of quaternary nitrogens is 1. The van der Waals surface area contributed by atoms with E-state index >= 15 is 0 Å². The Balaban J connectivity index is 1.27. The van der Waals surface area contributed by atoms with Crippen LogP contribution < -0.4 is 4.48 Å². The molecular weight excluding hydrogens is 500 g/mol. The second-order valence-corrected chi connectivity index (χ2v) is 10.9. The Bertz CT molecular complexity index is 2010. The Morgan fingerprint density at radius 3 is 2.10 bits per heavy atom. The number of hydrogen-bond donors (Lipinski definition) is 0. The Morgan fingerprint density at radius 2 is 1.32 bits per heavy atom. The van der Waals surface area contributed by atoms with Gasteiger partial charge in [0.15, 0.2) is 17.1 Å². The molecule has 1 atom stereocenters. The molecule has 0 aliphatic carbocycles. The number of aromatic nitrogens is 2. The van der Waals surface area contributed by atoms with Gasteiger partial charge in [0.1, 0.15) is 5.82 Å². The Labute approximate surface area is 239 Å². The number of aliphatic imine (C=N–C) groups is 1. The van der Waals surface area contributed by atoms with Crippen molar-refractivity contribution in [3.63, 3.8) is 0 Å². The molecule has 0 radical (unpaired) electrons. The van der Waals surface area contributed by atoms with Gasteiger partial charge in [0.2, 0.25) is 0 Å². The summed E-state index contributed by atoms with van der Waals surface area (Å²) in [4.78, 5) is 10.2. The summed E-state index contributed by atoms with van der Waals surface area (Å²) < 4.78 is 2.85. The average molecular weight is 530 g/mol. The molecule has 0 saturated heterocycles. The third-order valence-corrected chi connectivity index (χ3v) is 8.61. The molecule has 2 aromatic heterocycles. The van der Waals surface area contributed by atoms with Crippen LogP contribution in [0.2, 0.25) is 0 Å². The van der Waals surface area contributed by atoms with Crippen LogP contribution in [0.4, 0.5) is 11.4 Å². The zero-order chi connectivity index (χ0) is 27.4. The van der Waals surface area contributed by atoms with E-state index in [-0.39, 0.29) is 0 Å². The first-order chi connectivity index (χ1) is 20.2. The fourth-order valence-corrected chi connectivity index (χ4v) is 6.58. The number of benzene rings is 4. The van der Waals surface area contributed by atoms with Gasteiger partial charge in [-0.25, -0.2) is 14.5 Å². The van der Waals surface area contributed by atoms with Crippen molar-refractivity contribution in [2.24, 2.45) is 4.99 Å². The number of hydrogen-bond acceptors (Lipinski definition) is 2. The maximum absolute atomic E-state index is 5.20. The number of para-hydroxylation sites is 3. The highest BCUT2D eigenvalue weighted by molar-refractivity contribution is 6.10. The zero-order valence-corrected chi connectivity index (χ0v) is 22.9. The molecule has 0 N–H and O–H groups in total. The molecular formula is C37H29N4+. The van der Waals surface area contributed by atoms with Gasteiger partial charge in [-0.15, -0.1) is 0 Å². The zero-order valence-electron chi connectivity index (χ0n) is 22.9. The third kappa shape index (κ3) is 3.58. The van der Waals surface area contributed by atoms with E-state index in [4.69, 9.17) is 9.98 Å². The Morgan fingerprint density at radius 1 is 0.659 bits per heavy atom. The lowest BCUT2D eigenvalue weighted by atomic mass is 10.0. The average Bonchev–Trinajstić information content (AvgIpc) is 3.48. The predicted molar refractivity (Wildman–Crippen MR) is 172 cm³/mol. The summed E-state index contributed by atoms with van der Waals surface area (Å²) in [6, 6.07) is 38.6. The number of pyridine rings is 1. The molecule has 2 aliphatic heterocycles.